The number of amides is 1. The van der Waals surface area contributed by atoms with E-state index in [1.807, 2.05) is 6.92 Å². The molecule has 0 bridgehead atoms. The van der Waals surface area contributed by atoms with Crippen LogP contribution in [0.5, 0.6) is 0 Å². The van der Waals surface area contributed by atoms with Crippen LogP contribution in [0.4, 0.5) is 0 Å². The van der Waals surface area contributed by atoms with Crippen LogP contribution >= 0.6 is 11.3 Å². The normalized spacial score (nSPS) is 11.4. The number of thiophene rings is 1. The van der Waals surface area contributed by atoms with Crippen LogP contribution in [0.1, 0.15) is 28.6 Å². The molecule has 2 heterocycles. The van der Waals surface area contributed by atoms with Crippen LogP contribution < -0.4 is 4.72 Å². The monoisotopic (exact) mass is 377 g/mol. The summed E-state index contributed by atoms with van der Waals surface area (Å²) in [5.74, 6) is -0.724. The molecule has 0 atom stereocenters. The fourth-order valence-corrected chi connectivity index (χ4v) is 4.07. The number of benzene rings is 1. The van der Waals surface area contributed by atoms with Gasteiger partial charge in [0.2, 0.25) is 0 Å². The molecule has 1 aromatic carbocycles. The Morgan fingerprint density at radius 2 is 2.00 bits per heavy atom. The van der Waals surface area contributed by atoms with E-state index in [1.165, 1.54) is 23.1 Å². The lowest BCUT2D eigenvalue weighted by atomic mass is 10.1. The first-order valence-electron chi connectivity index (χ1n) is 7.48. The van der Waals surface area contributed by atoms with Crippen molar-refractivity contribution in [2.75, 3.05) is 0 Å². The van der Waals surface area contributed by atoms with Crippen molar-refractivity contribution in [2.45, 2.75) is 24.7 Å². The molecule has 0 aliphatic rings. The Bertz CT molecular complexity index is 963. The number of nitrogens with zero attached hydrogens (tertiary/aromatic N) is 4. The van der Waals surface area contributed by atoms with Gasteiger partial charge in [-0.1, -0.05) is 25.5 Å². The average Bonchev–Trinajstić information content (AvgIpc) is 3.26. The van der Waals surface area contributed by atoms with Crippen molar-refractivity contribution >= 4 is 27.3 Å². The number of rotatable bonds is 6. The minimum absolute atomic E-state index is 0.0428. The van der Waals surface area contributed by atoms with Crippen molar-refractivity contribution in [3.63, 3.8) is 0 Å². The summed E-state index contributed by atoms with van der Waals surface area (Å²) in [4.78, 5) is 12.7. The summed E-state index contributed by atoms with van der Waals surface area (Å²) in [5, 5.41) is 12.4. The van der Waals surface area contributed by atoms with E-state index in [9.17, 15) is 13.2 Å². The number of hydrogen-bond donors (Lipinski definition) is 1. The summed E-state index contributed by atoms with van der Waals surface area (Å²) in [5.41, 5.74) is 1.47. The van der Waals surface area contributed by atoms with Crippen LogP contribution in [-0.2, 0) is 16.4 Å². The lowest BCUT2D eigenvalue weighted by molar-refractivity contribution is 0.0985. The molecule has 1 amide bonds. The first kappa shape index (κ1) is 17.2. The van der Waals surface area contributed by atoms with Crippen molar-refractivity contribution in [3.8, 4) is 5.69 Å². The van der Waals surface area contributed by atoms with Gasteiger partial charge < -0.3 is 0 Å². The molecule has 8 nitrogen and oxygen atoms in total. The van der Waals surface area contributed by atoms with Crippen LogP contribution in [-0.4, -0.2) is 34.5 Å². The van der Waals surface area contributed by atoms with Crippen molar-refractivity contribution in [2.24, 2.45) is 0 Å². The molecule has 2 aromatic heterocycles. The Kier molecular flexibility index (Phi) is 4.91. The summed E-state index contributed by atoms with van der Waals surface area (Å²) in [6, 6.07) is 8.14. The smallest absolute Gasteiger partial charge is 0.267 e. The van der Waals surface area contributed by atoms with Gasteiger partial charge in [-0.3, -0.25) is 4.79 Å². The quantitative estimate of drug-likeness (QED) is 0.702. The summed E-state index contributed by atoms with van der Waals surface area (Å²) in [7, 11) is -3.96. The number of tetrazole rings is 1. The molecular weight excluding hydrogens is 362 g/mol. The molecule has 3 rings (SSSR count). The van der Waals surface area contributed by atoms with E-state index in [2.05, 4.69) is 20.2 Å². The summed E-state index contributed by atoms with van der Waals surface area (Å²) < 4.78 is 28.3. The first-order chi connectivity index (χ1) is 12.0. The Balaban J connectivity index is 1.82. The van der Waals surface area contributed by atoms with Crippen molar-refractivity contribution in [1.29, 1.82) is 0 Å². The van der Waals surface area contributed by atoms with E-state index in [-0.39, 0.29) is 9.77 Å². The molecule has 0 aliphatic carbocycles. The molecule has 1 N–H and O–H groups in total. The predicted octanol–water partition coefficient (Wildman–Crippen LogP) is 1.80. The van der Waals surface area contributed by atoms with Gasteiger partial charge in [0.1, 0.15) is 11.2 Å². The van der Waals surface area contributed by atoms with Gasteiger partial charge in [-0.2, -0.15) is 4.68 Å². The largest absolute Gasteiger partial charge is 0.277 e. The zero-order chi connectivity index (χ0) is 17.9. The first-order valence-corrected chi connectivity index (χ1v) is 9.84. The molecule has 25 heavy (non-hydrogen) atoms. The Morgan fingerprint density at radius 3 is 2.64 bits per heavy atom. The highest BCUT2D eigenvalue weighted by Gasteiger charge is 2.22. The highest BCUT2D eigenvalue weighted by Crippen LogP contribution is 2.21. The molecule has 0 spiro atoms. The molecule has 0 saturated heterocycles. The van der Waals surface area contributed by atoms with Crippen LogP contribution in [0.25, 0.3) is 5.69 Å². The third-order valence-corrected chi connectivity index (χ3v) is 5.70. The highest BCUT2D eigenvalue weighted by atomic mass is 32.2. The number of aryl methyl sites for hydroxylation is 1. The fourth-order valence-electron chi connectivity index (χ4n) is 2.28. The number of hydrogen-bond acceptors (Lipinski definition) is 7. The average molecular weight is 377 g/mol. The van der Waals surface area contributed by atoms with Gasteiger partial charge in [0.25, 0.3) is 15.9 Å². The third-order valence-electron chi connectivity index (χ3n) is 3.45. The van der Waals surface area contributed by atoms with Gasteiger partial charge >= 0.3 is 0 Å². The fraction of sp³-hybridized carbons (Fsp3) is 0.200. The van der Waals surface area contributed by atoms with Crippen molar-refractivity contribution in [1.82, 2.24) is 24.9 Å². The molecule has 0 saturated carbocycles. The van der Waals surface area contributed by atoms with E-state index in [4.69, 9.17) is 0 Å². The molecule has 0 unspecified atom stereocenters. The predicted molar refractivity (Wildman–Crippen MR) is 92.1 cm³/mol. The minimum atomic E-state index is -3.96. The molecule has 0 radical (unpaired) electrons. The summed E-state index contributed by atoms with van der Waals surface area (Å²) in [6.45, 7) is 2.05. The SMILES string of the molecule is CCCc1ccc(S(=O)(=O)NC(=O)c2sccc2-n2cnnn2)cc1. The van der Waals surface area contributed by atoms with Gasteiger partial charge in [0.15, 0.2) is 0 Å². The number of aromatic nitrogens is 4. The van der Waals surface area contributed by atoms with E-state index >= 15 is 0 Å². The van der Waals surface area contributed by atoms with Crippen LogP contribution in [0, 0.1) is 0 Å². The van der Waals surface area contributed by atoms with Gasteiger partial charge in [0, 0.05) is 0 Å². The van der Waals surface area contributed by atoms with Crippen LogP contribution in [0.15, 0.2) is 46.9 Å². The Labute approximate surface area is 148 Å². The molecule has 3 aromatic rings. The van der Waals surface area contributed by atoms with E-state index < -0.39 is 15.9 Å². The summed E-state index contributed by atoms with van der Waals surface area (Å²) >= 11 is 1.11. The molecular formula is C15H15N5O3S2. The number of carbonyl (C=O) groups is 1. The number of carbonyl (C=O) groups excluding carboxylic acids is 1. The second-order valence-corrected chi connectivity index (χ2v) is 7.82. The van der Waals surface area contributed by atoms with Gasteiger partial charge in [0.05, 0.1) is 10.6 Å². The maximum Gasteiger partial charge on any atom is 0.277 e. The van der Waals surface area contributed by atoms with E-state index in [0.717, 1.165) is 29.7 Å². The lowest BCUT2D eigenvalue weighted by Gasteiger charge is -2.08. The maximum absolute atomic E-state index is 12.4. The van der Waals surface area contributed by atoms with Gasteiger partial charge in [-0.25, -0.2) is 13.1 Å². The zero-order valence-electron chi connectivity index (χ0n) is 13.3. The molecule has 130 valence electrons. The minimum Gasteiger partial charge on any atom is -0.267 e. The van der Waals surface area contributed by atoms with Crippen LogP contribution in [0.2, 0.25) is 0 Å². The van der Waals surface area contributed by atoms with Crippen molar-refractivity contribution in [3.05, 3.63) is 52.5 Å². The Hall–Kier alpha value is -2.59. The number of sulfonamides is 1. The lowest BCUT2D eigenvalue weighted by Crippen LogP contribution is -2.30. The third kappa shape index (κ3) is 3.74. The van der Waals surface area contributed by atoms with Crippen molar-refractivity contribution < 1.29 is 13.2 Å². The zero-order valence-corrected chi connectivity index (χ0v) is 14.9. The second-order valence-electron chi connectivity index (χ2n) is 5.22. The van der Waals surface area contributed by atoms with Gasteiger partial charge in [-0.05, 0) is 46.0 Å². The van der Waals surface area contributed by atoms with E-state index in [0.29, 0.717) is 5.69 Å². The molecule has 10 heteroatoms. The standard InChI is InChI=1S/C15H15N5O3S2/c1-2-3-11-4-6-12(7-5-11)25(22,23)17-15(21)14-13(8-9-24-14)20-10-16-18-19-20/h4-10H,2-3H2,1H3,(H,17,21). The van der Waals surface area contributed by atoms with Gasteiger partial charge in [-0.15, -0.1) is 16.4 Å². The topological polar surface area (TPSA) is 107 Å². The highest BCUT2D eigenvalue weighted by molar-refractivity contribution is 7.90. The Morgan fingerprint density at radius 1 is 1.24 bits per heavy atom. The second kappa shape index (κ2) is 7.11. The summed E-state index contributed by atoms with van der Waals surface area (Å²) in [6.07, 6.45) is 3.18. The molecule has 0 fully saturated rings. The maximum atomic E-state index is 12.4. The van der Waals surface area contributed by atoms with E-state index in [1.54, 1.807) is 23.6 Å². The van der Waals surface area contributed by atoms with Crippen LogP contribution in [0.3, 0.4) is 0 Å². The number of nitrogens with one attached hydrogen (secondary N) is 1. The molecule has 0 aliphatic heterocycles.